The molecule has 3 rings (SSSR count). The van der Waals surface area contributed by atoms with E-state index in [1.165, 1.54) is 0 Å². The topological polar surface area (TPSA) is 78.9 Å². The van der Waals surface area contributed by atoms with Crippen molar-refractivity contribution in [2.45, 2.75) is 42.5 Å². The SMILES string of the molecule is O=C(OC1C2CC3C(O2)C1OS3(=O)=O)C(F)F. The van der Waals surface area contributed by atoms with E-state index in [2.05, 4.69) is 4.74 Å². The third-order valence-corrected chi connectivity index (χ3v) is 4.92. The molecule has 0 radical (unpaired) electrons. The molecule has 6 nitrogen and oxygen atoms in total. The average molecular weight is 270 g/mol. The van der Waals surface area contributed by atoms with Gasteiger partial charge in [-0.15, -0.1) is 0 Å². The Morgan fingerprint density at radius 3 is 2.71 bits per heavy atom. The van der Waals surface area contributed by atoms with Crippen molar-refractivity contribution in [1.29, 1.82) is 0 Å². The van der Waals surface area contributed by atoms with Gasteiger partial charge in [0.15, 0.2) is 6.10 Å². The standard InChI is InChI=1S/C8H8F2O6S/c9-7(10)8(11)15-4-2-1-3-5(14-2)6(4)16-17(3,12)13/h2-7H,1H2. The second-order valence-corrected chi connectivity index (χ2v) is 5.95. The number of rotatable bonds is 2. The largest absolute Gasteiger partial charge is 0.452 e. The van der Waals surface area contributed by atoms with Crippen LogP contribution < -0.4 is 0 Å². The summed E-state index contributed by atoms with van der Waals surface area (Å²) < 4.78 is 61.5. The summed E-state index contributed by atoms with van der Waals surface area (Å²) in [7, 11) is -3.72. The lowest BCUT2D eigenvalue weighted by Crippen LogP contribution is -2.42. The molecule has 0 amide bonds. The van der Waals surface area contributed by atoms with Gasteiger partial charge in [0.1, 0.15) is 17.5 Å². The molecular weight excluding hydrogens is 262 g/mol. The normalized spacial score (nSPS) is 45.5. The van der Waals surface area contributed by atoms with Crippen LogP contribution >= 0.6 is 0 Å². The van der Waals surface area contributed by atoms with Crippen molar-refractivity contribution >= 4 is 16.1 Å². The van der Waals surface area contributed by atoms with Crippen LogP contribution in [0, 0.1) is 0 Å². The molecule has 3 fully saturated rings. The molecule has 0 N–H and O–H groups in total. The smallest absolute Gasteiger partial charge is 0.374 e. The van der Waals surface area contributed by atoms with Gasteiger partial charge in [0.2, 0.25) is 0 Å². The Bertz CT molecular complexity index is 463. The third-order valence-electron chi connectivity index (χ3n) is 3.22. The Morgan fingerprint density at radius 1 is 1.35 bits per heavy atom. The van der Waals surface area contributed by atoms with Crippen molar-refractivity contribution in [2.75, 3.05) is 0 Å². The highest BCUT2D eigenvalue weighted by atomic mass is 32.2. The van der Waals surface area contributed by atoms with Crippen molar-refractivity contribution in [3.63, 3.8) is 0 Å². The van der Waals surface area contributed by atoms with Crippen LogP contribution in [0.2, 0.25) is 0 Å². The maximum atomic E-state index is 12.0. The van der Waals surface area contributed by atoms with Crippen LogP contribution in [-0.2, 0) is 28.6 Å². The summed E-state index contributed by atoms with van der Waals surface area (Å²) >= 11 is 0. The summed E-state index contributed by atoms with van der Waals surface area (Å²) in [5, 5.41) is -0.765. The molecule has 0 aliphatic carbocycles. The summed E-state index contributed by atoms with van der Waals surface area (Å²) in [6.45, 7) is 0. The van der Waals surface area contributed by atoms with Crippen LogP contribution in [0.15, 0.2) is 0 Å². The second kappa shape index (κ2) is 3.36. The van der Waals surface area contributed by atoms with Crippen LogP contribution in [0.25, 0.3) is 0 Å². The van der Waals surface area contributed by atoms with Gasteiger partial charge in [0.25, 0.3) is 10.1 Å². The third kappa shape index (κ3) is 1.49. The number of carbonyl (C=O) groups excluding carboxylic acids is 1. The maximum absolute atomic E-state index is 12.0. The molecule has 5 atom stereocenters. The Balaban J connectivity index is 1.81. The predicted molar refractivity (Wildman–Crippen MR) is 46.7 cm³/mol. The van der Waals surface area contributed by atoms with Crippen molar-refractivity contribution in [3.8, 4) is 0 Å². The van der Waals surface area contributed by atoms with Gasteiger partial charge in [-0.25, -0.2) is 4.79 Å². The fourth-order valence-corrected chi connectivity index (χ4v) is 4.20. The lowest BCUT2D eigenvalue weighted by atomic mass is 9.94. The van der Waals surface area contributed by atoms with Crippen molar-refractivity contribution in [3.05, 3.63) is 0 Å². The fraction of sp³-hybridized carbons (Fsp3) is 0.875. The van der Waals surface area contributed by atoms with Crippen LogP contribution in [0.4, 0.5) is 8.78 Å². The molecule has 9 heteroatoms. The minimum Gasteiger partial charge on any atom is -0.452 e. The minimum atomic E-state index is -3.72. The number of esters is 1. The van der Waals surface area contributed by atoms with Gasteiger partial charge in [-0.1, -0.05) is 0 Å². The predicted octanol–water partition coefficient (Wildman–Crippen LogP) is -0.568. The van der Waals surface area contributed by atoms with Crippen LogP contribution in [-0.4, -0.2) is 50.5 Å². The lowest BCUT2D eigenvalue weighted by Gasteiger charge is -2.21. The van der Waals surface area contributed by atoms with Gasteiger partial charge >= 0.3 is 12.4 Å². The molecule has 0 saturated carbocycles. The monoisotopic (exact) mass is 270 g/mol. The number of hydrogen-bond donors (Lipinski definition) is 0. The van der Waals surface area contributed by atoms with Gasteiger partial charge in [-0.05, 0) is 6.42 Å². The van der Waals surface area contributed by atoms with E-state index in [0.717, 1.165) is 0 Å². The zero-order valence-corrected chi connectivity index (χ0v) is 9.10. The first kappa shape index (κ1) is 11.3. The number of hydrogen-bond acceptors (Lipinski definition) is 6. The number of halogens is 2. The first-order valence-corrected chi connectivity index (χ1v) is 6.43. The van der Waals surface area contributed by atoms with Crippen LogP contribution in [0.3, 0.4) is 0 Å². The van der Waals surface area contributed by atoms with E-state index in [1.54, 1.807) is 0 Å². The molecule has 3 saturated heterocycles. The molecule has 3 heterocycles. The van der Waals surface area contributed by atoms with E-state index in [1.807, 2.05) is 0 Å². The van der Waals surface area contributed by atoms with E-state index in [0.29, 0.717) is 0 Å². The molecule has 0 spiro atoms. The molecular formula is C8H8F2O6S. The Kier molecular flexibility index (Phi) is 2.23. The second-order valence-electron chi connectivity index (χ2n) is 4.17. The van der Waals surface area contributed by atoms with E-state index in [9.17, 15) is 22.0 Å². The number of ether oxygens (including phenoxy) is 2. The lowest BCUT2D eigenvalue weighted by molar-refractivity contribution is -0.167. The van der Waals surface area contributed by atoms with Crippen LogP contribution in [0.5, 0.6) is 0 Å². The molecule has 5 unspecified atom stereocenters. The van der Waals surface area contributed by atoms with Gasteiger partial charge < -0.3 is 9.47 Å². The molecule has 3 aliphatic heterocycles. The molecule has 96 valence electrons. The highest BCUT2D eigenvalue weighted by Crippen LogP contribution is 2.47. The molecule has 2 bridgehead atoms. The van der Waals surface area contributed by atoms with Gasteiger partial charge in [-0.2, -0.15) is 17.2 Å². The Hall–Kier alpha value is -0.800. The van der Waals surface area contributed by atoms with Crippen molar-refractivity contribution < 1.29 is 35.6 Å². The zero-order chi connectivity index (χ0) is 12.4. The zero-order valence-electron chi connectivity index (χ0n) is 8.28. The highest BCUT2D eigenvalue weighted by molar-refractivity contribution is 7.87. The number of fused-ring (bicyclic) bond motifs is 1. The summed E-state index contributed by atoms with van der Waals surface area (Å²) in [5.41, 5.74) is 0. The molecule has 17 heavy (non-hydrogen) atoms. The minimum absolute atomic E-state index is 0.116. The van der Waals surface area contributed by atoms with Crippen molar-refractivity contribution in [2.24, 2.45) is 0 Å². The van der Waals surface area contributed by atoms with E-state index in [-0.39, 0.29) is 6.42 Å². The summed E-state index contributed by atoms with van der Waals surface area (Å²) in [6, 6.07) is 0. The summed E-state index contributed by atoms with van der Waals surface area (Å²) in [6.07, 6.45) is -6.55. The first-order valence-electron chi connectivity index (χ1n) is 4.96. The molecule has 0 aromatic heterocycles. The Morgan fingerprint density at radius 2 is 2.06 bits per heavy atom. The first-order chi connectivity index (χ1) is 7.90. The molecule has 0 aromatic rings. The summed E-state index contributed by atoms with van der Waals surface area (Å²) in [4.78, 5) is 10.8. The Labute approximate surface area is 94.9 Å². The van der Waals surface area contributed by atoms with Crippen LogP contribution in [0.1, 0.15) is 6.42 Å². The fourth-order valence-electron chi connectivity index (χ4n) is 2.55. The molecule has 3 aliphatic rings. The average Bonchev–Trinajstić information content (AvgIpc) is 2.81. The van der Waals surface area contributed by atoms with E-state index < -0.39 is 52.2 Å². The highest BCUT2D eigenvalue weighted by Gasteiger charge is 2.67. The number of alkyl halides is 2. The number of carbonyl (C=O) groups is 1. The quantitative estimate of drug-likeness (QED) is 0.494. The van der Waals surface area contributed by atoms with Gasteiger partial charge in [-0.3, -0.25) is 4.18 Å². The van der Waals surface area contributed by atoms with Crippen molar-refractivity contribution in [1.82, 2.24) is 0 Å². The van der Waals surface area contributed by atoms with E-state index >= 15 is 0 Å². The van der Waals surface area contributed by atoms with E-state index in [4.69, 9.17) is 8.92 Å². The van der Waals surface area contributed by atoms with Gasteiger partial charge in [0.05, 0.1) is 6.10 Å². The van der Waals surface area contributed by atoms with Gasteiger partial charge in [0, 0.05) is 0 Å². The summed E-state index contributed by atoms with van der Waals surface area (Å²) in [5.74, 6) is -1.68. The molecule has 0 aromatic carbocycles. The maximum Gasteiger partial charge on any atom is 0.374 e.